The third-order valence-electron chi connectivity index (χ3n) is 5.32. The lowest BCUT2D eigenvalue weighted by Crippen LogP contribution is -2.46. The number of rotatable bonds is 7. The van der Waals surface area contributed by atoms with Crippen LogP contribution >= 0.6 is 11.8 Å². The van der Waals surface area contributed by atoms with Gasteiger partial charge in [-0.1, -0.05) is 36.0 Å². The number of ether oxygens (including phenoxy) is 3. The molecule has 14 heteroatoms. The maximum atomic E-state index is 13.2. The second-order valence-corrected chi connectivity index (χ2v) is 10.7. The van der Waals surface area contributed by atoms with E-state index in [1.54, 1.807) is 12.1 Å². The molecule has 0 saturated carbocycles. The molecule has 0 bridgehead atoms. The van der Waals surface area contributed by atoms with E-state index in [4.69, 9.17) is 24.1 Å². The van der Waals surface area contributed by atoms with Crippen molar-refractivity contribution < 1.29 is 36.4 Å². The summed E-state index contributed by atoms with van der Waals surface area (Å²) < 4.78 is 48.6. The van der Waals surface area contributed by atoms with Crippen molar-refractivity contribution in [3.63, 3.8) is 0 Å². The highest BCUT2D eigenvalue weighted by Gasteiger charge is 2.54. The van der Waals surface area contributed by atoms with E-state index in [0.29, 0.717) is 15.7 Å². The molecule has 0 amide bonds. The zero-order valence-electron chi connectivity index (χ0n) is 19.6. The first-order valence-corrected chi connectivity index (χ1v) is 12.9. The van der Waals surface area contributed by atoms with Gasteiger partial charge < -0.3 is 19.9 Å². The Morgan fingerprint density at radius 3 is 2.53 bits per heavy atom. The zero-order chi connectivity index (χ0) is 26.2. The quantitative estimate of drug-likeness (QED) is 0.403. The second-order valence-electron chi connectivity index (χ2n) is 8.05. The molecule has 0 spiro atoms. The second kappa shape index (κ2) is 10.0. The lowest BCUT2D eigenvalue weighted by molar-refractivity contribution is -0.152. The number of hydrogen-bond donors (Lipinski definition) is 1. The van der Waals surface area contributed by atoms with E-state index in [9.17, 15) is 18.0 Å². The average molecular weight is 537 g/mol. The summed E-state index contributed by atoms with van der Waals surface area (Å²) in [6.45, 7) is 7.83. The third kappa shape index (κ3) is 5.31. The SMILES string of the molecule is C=C1Sc2cnc(N)nc2N1[C@@H]1O[C@H](COC(C)=O)[C@H](OS(=O)(=O)c2ccc(C)cc2)[C@H]1OC(C)=O. The van der Waals surface area contributed by atoms with E-state index in [-0.39, 0.29) is 17.5 Å². The summed E-state index contributed by atoms with van der Waals surface area (Å²) in [5.41, 5.74) is 6.63. The first-order valence-electron chi connectivity index (χ1n) is 10.7. The molecular weight excluding hydrogens is 512 g/mol. The van der Waals surface area contributed by atoms with Crippen LogP contribution in [-0.4, -0.2) is 61.5 Å². The van der Waals surface area contributed by atoms with Crippen LogP contribution in [0.1, 0.15) is 19.4 Å². The van der Waals surface area contributed by atoms with Crippen LogP contribution in [0.3, 0.4) is 0 Å². The van der Waals surface area contributed by atoms with Crippen molar-refractivity contribution in [1.82, 2.24) is 9.97 Å². The molecule has 36 heavy (non-hydrogen) atoms. The molecule has 1 aromatic carbocycles. The van der Waals surface area contributed by atoms with Gasteiger partial charge in [0.15, 0.2) is 18.1 Å². The van der Waals surface area contributed by atoms with Crippen molar-refractivity contribution in [2.45, 2.75) is 55.1 Å². The molecule has 12 nitrogen and oxygen atoms in total. The number of carbonyl (C=O) groups is 2. The maximum Gasteiger partial charge on any atom is 0.303 e. The van der Waals surface area contributed by atoms with Crippen molar-refractivity contribution in [3.05, 3.63) is 47.6 Å². The molecule has 0 radical (unpaired) electrons. The van der Waals surface area contributed by atoms with Crippen molar-refractivity contribution >= 4 is 45.6 Å². The molecule has 0 unspecified atom stereocenters. The molecule has 2 N–H and O–H groups in total. The summed E-state index contributed by atoms with van der Waals surface area (Å²) in [4.78, 5) is 33.8. The van der Waals surface area contributed by atoms with Crippen LogP contribution in [-0.2, 0) is 38.1 Å². The number of nitrogens with two attached hydrogens (primary N) is 1. The minimum atomic E-state index is -4.33. The van der Waals surface area contributed by atoms with Crippen LogP contribution in [0.2, 0.25) is 0 Å². The van der Waals surface area contributed by atoms with Crippen molar-refractivity contribution in [2.75, 3.05) is 17.2 Å². The Balaban J connectivity index is 1.74. The van der Waals surface area contributed by atoms with E-state index >= 15 is 0 Å². The smallest absolute Gasteiger partial charge is 0.303 e. The summed E-state index contributed by atoms with van der Waals surface area (Å²) in [6, 6.07) is 6.04. The van der Waals surface area contributed by atoms with Gasteiger partial charge in [0.1, 0.15) is 18.8 Å². The van der Waals surface area contributed by atoms with E-state index in [1.807, 2.05) is 6.92 Å². The largest absolute Gasteiger partial charge is 0.463 e. The molecule has 2 aromatic rings. The Bertz CT molecular complexity index is 1300. The number of thioether (sulfide) groups is 1. The minimum absolute atomic E-state index is 0.0118. The van der Waals surface area contributed by atoms with Gasteiger partial charge in [-0.2, -0.15) is 13.4 Å². The normalized spacial score (nSPS) is 23.4. The molecule has 2 aliphatic heterocycles. The number of hydrogen-bond acceptors (Lipinski definition) is 13. The number of fused-ring (bicyclic) bond motifs is 1. The Hall–Kier alpha value is -3.20. The highest BCUT2D eigenvalue weighted by molar-refractivity contribution is 8.03. The molecule has 1 saturated heterocycles. The summed E-state index contributed by atoms with van der Waals surface area (Å²) >= 11 is 1.23. The molecule has 4 atom stereocenters. The highest BCUT2D eigenvalue weighted by atomic mass is 32.2. The van der Waals surface area contributed by atoms with Gasteiger partial charge in [0, 0.05) is 20.0 Å². The average Bonchev–Trinajstić information content (AvgIpc) is 3.27. The van der Waals surface area contributed by atoms with E-state index in [1.165, 1.54) is 48.8 Å². The van der Waals surface area contributed by atoms with Crippen molar-refractivity contribution in [1.29, 1.82) is 0 Å². The molecular formula is C22H24N4O8S2. The van der Waals surface area contributed by atoms with Crippen LogP contribution in [0, 0.1) is 6.92 Å². The number of carbonyl (C=O) groups excluding carboxylic acids is 2. The van der Waals surface area contributed by atoms with Gasteiger partial charge in [0.25, 0.3) is 10.1 Å². The summed E-state index contributed by atoms with van der Waals surface area (Å²) in [5, 5.41) is 0.445. The Morgan fingerprint density at radius 1 is 1.19 bits per heavy atom. The Labute approximate surface area is 211 Å². The summed E-state index contributed by atoms with van der Waals surface area (Å²) in [6.07, 6.45) is -3.38. The number of anilines is 2. The fourth-order valence-electron chi connectivity index (χ4n) is 3.77. The van der Waals surface area contributed by atoms with E-state index in [0.717, 1.165) is 5.56 Å². The summed E-state index contributed by atoms with van der Waals surface area (Å²) in [5.74, 6) is -0.989. The Kier molecular flexibility index (Phi) is 7.22. The van der Waals surface area contributed by atoms with Gasteiger partial charge >= 0.3 is 11.9 Å². The molecule has 4 rings (SSSR count). The topological polar surface area (TPSA) is 160 Å². The Morgan fingerprint density at radius 2 is 1.89 bits per heavy atom. The third-order valence-corrected chi connectivity index (χ3v) is 7.59. The molecule has 0 aliphatic carbocycles. The van der Waals surface area contributed by atoms with Crippen molar-refractivity contribution in [3.8, 4) is 0 Å². The first-order chi connectivity index (χ1) is 17.0. The van der Waals surface area contributed by atoms with Crippen molar-refractivity contribution in [2.24, 2.45) is 0 Å². The molecule has 3 heterocycles. The molecule has 2 aliphatic rings. The predicted molar refractivity (Wildman–Crippen MR) is 128 cm³/mol. The lowest BCUT2D eigenvalue weighted by atomic mass is 10.1. The number of esters is 2. The summed E-state index contributed by atoms with van der Waals surface area (Å²) in [7, 11) is -4.33. The van der Waals surface area contributed by atoms with Crippen LogP contribution in [0.4, 0.5) is 11.8 Å². The lowest BCUT2D eigenvalue weighted by Gasteiger charge is -2.30. The maximum absolute atomic E-state index is 13.2. The molecule has 1 fully saturated rings. The first kappa shape index (κ1) is 25.9. The van der Waals surface area contributed by atoms with E-state index < -0.39 is 46.6 Å². The van der Waals surface area contributed by atoms with Gasteiger partial charge in [-0.05, 0) is 19.1 Å². The predicted octanol–water partition coefficient (Wildman–Crippen LogP) is 1.74. The van der Waals surface area contributed by atoms with Crippen LogP contribution < -0.4 is 10.6 Å². The van der Waals surface area contributed by atoms with Crippen LogP contribution in [0.15, 0.2) is 51.9 Å². The highest BCUT2D eigenvalue weighted by Crippen LogP contribution is 2.47. The number of nitrogens with zero attached hydrogens (tertiary/aromatic N) is 3. The van der Waals surface area contributed by atoms with Gasteiger partial charge in [-0.25, -0.2) is 4.98 Å². The minimum Gasteiger partial charge on any atom is -0.463 e. The van der Waals surface area contributed by atoms with Crippen LogP contribution in [0.25, 0.3) is 0 Å². The number of aromatic nitrogens is 2. The van der Waals surface area contributed by atoms with Gasteiger partial charge in [0.2, 0.25) is 5.95 Å². The zero-order valence-corrected chi connectivity index (χ0v) is 21.2. The van der Waals surface area contributed by atoms with Gasteiger partial charge in [-0.15, -0.1) is 0 Å². The number of nitrogen functional groups attached to an aromatic ring is 1. The number of benzene rings is 1. The molecule has 192 valence electrons. The standard InChI is InChI=1S/C22H24N4O8S2/c1-11-5-7-15(8-6-11)36(29,30)34-18-16(10-31-13(3)27)33-21(19(18)32-14(4)28)26-12(2)35-17-9-24-22(23)25-20(17)26/h5-9,16,18-19,21H,2,10H2,1,3-4H3,(H2,23,24,25)/t16-,18+,19-,21-/m1/s1. The fraction of sp³-hybridized carbons (Fsp3) is 0.364. The fourth-order valence-corrected chi connectivity index (χ4v) is 5.76. The van der Waals surface area contributed by atoms with Gasteiger partial charge in [-0.3, -0.25) is 18.7 Å². The van der Waals surface area contributed by atoms with Crippen LogP contribution in [0.5, 0.6) is 0 Å². The number of aryl methyl sites for hydroxylation is 1. The monoisotopic (exact) mass is 536 g/mol. The molecule has 1 aromatic heterocycles. The van der Waals surface area contributed by atoms with E-state index in [2.05, 4.69) is 16.5 Å². The van der Waals surface area contributed by atoms with Gasteiger partial charge in [0.05, 0.1) is 14.8 Å².